The van der Waals surface area contributed by atoms with Gasteiger partial charge in [-0.15, -0.1) is 0 Å². The van der Waals surface area contributed by atoms with Crippen LogP contribution in [0, 0.1) is 20.8 Å². The van der Waals surface area contributed by atoms with Crippen molar-refractivity contribution in [1.82, 2.24) is 0 Å². The molecule has 3 heterocycles. The molecule has 0 N–H and O–H groups in total. The third-order valence-electron chi connectivity index (χ3n) is 19.6. The van der Waals surface area contributed by atoms with Crippen LogP contribution in [0.5, 0.6) is 0 Å². The standard InChI is InChI=1S/C91H94N3/c1-61-49-71(82(68-29-21-17-22-30-68)58-79(61)86-55-74(89(4,5)6)43-46-92(86)13)37-35-64-52-65(36-38-72-50-62(2)80(59-83(72)69-31-23-18-24-32-69)87-56-75(90(7,8)9)44-47-93(87)14)54-73(53-64)77-33-25-26-34-78(77)85-51-63(3)81(88-57-76(91(10,11)12)45-48-94(88)15)60-84(85)70-41-39-67(40-42-70)66-27-19-16-20-28-66/h16-34,39-60H,35-38H2,1-15H3/q+3. The Morgan fingerprint density at radius 1 is 0.245 bits per heavy atom. The summed E-state index contributed by atoms with van der Waals surface area (Å²) in [7, 11) is 6.54. The molecule has 12 rings (SSSR count). The van der Waals surface area contributed by atoms with Gasteiger partial charge >= 0.3 is 0 Å². The van der Waals surface area contributed by atoms with Gasteiger partial charge in [0.2, 0.25) is 17.1 Å². The fourth-order valence-electron chi connectivity index (χ4n) is 13.8. The van der Waals surface area contributed by atoms with Crippen molar-refractivity contribution >= 4 is 0 Å². The van der Waals surface area contributed by atoms with Crippen LogP contribution >= 0.6 is 0 Å². The van der Waals surface area contributed by atoms with Gasteiger partial charge in [-0.25, -0.2) is 13.7 Å². The first kappa shape index (κ1) is 64.5. The van der Waals surface area contributed by atoms with Crippen LogP contribution in [0.4, 0.5) is 0 Å². The number of benzene rings is 9. The van der Waals surface area contributed by atoms with E-state index in [1.807, 2.05) is 0 Å². The van der Waals surface area contributed by atoms with E-state index in [-0.39, 0.29) is 16.2 Å². The summed E-state index contributed by atoms with van der Waals surface area (Å²) in [6.07, 6.45) is 10.2. The molecule has 0 atom stereocenters. The highest BCUT2D eigenvalue weighted by Crippen LogP contribution is 2.44. The highest BCUT2D eigenvalue weighted by molar-refractivity contribution is 5.94. The molecule has 0 aliphatic rings. The smallest absolute Gasteiger partial charge is 0.201 e. The van der Waals surface area contributed by atoms with Gasteiger partial charge in [0.05, 0.1) is 0 Å². The van der Waals surface area contributed by atoms with Gasteiger partial charge in [-0.3, -0.25) is 0 Å². The molecule has 94 heavy (non-hydrogen) atoms. The van der Waals surface area contributed by atoms with Crippen LogP contribution in [0.25, 0.3) is 101 Å². The number of nitrogens with zero attached hydrogens (tertiary/aromatic N) is 3. The van der Waals surface area contributed by atoms with Crippen molar-refractivity contribution in [1.29, 1.82) is 0 Å². The van der Waals surface area contributed by atoms with Crippen molar-refractivity contribution < 1.29 is 13.7 Å². The van der Waals surface area contributed by atoms with E-state index >= 15 is 0 Å². The summed E-state index contributed by atoms with van der Waals surface area (Å²) in [4.78, 5) is 0. The molecule has 9 aromatic carbocycles. The third kappa shape index (κ3) is 13.9. The second-order valence-electron chi connectivity index (χ2n) is 29.6. The van der Waals surface area contributed by atoms with Gasteiger partial charge in [-0.2, -0.15) is 0 Å². The van der Waals surface area contributed by atoms with E-state index < -0.39 is 0 Å². The minimum atomic E-state index is -0.00405. The number of aromatic nitrogens is 3. The molecular formula is C91H94N3+3. The Kier molecular flexibility index (Phi) is 18.1. The Balaban J connectivity index is 1.01. The third-order valence-corrected chi connectivity index (χ3v) is 19.6. The molecular weight excluding hydrogens is 1140 g/mol. The van der Waals surface area contributed by atoms with Crippen molar-refractivity contribution in [2.75, 3.05) is 0 Å². The summed E-state index contributed by atoms with van der Waals surface area (Å²) in [5, 5.41) is 0. The first-order valence-electron chi connectivity index (χ1n) is 33.9. The topological polar surface area (TPSA) is 11.6 Å². The Bertz CT molecular complexity index is 4560. The molecule has 0 saturated heterocycles. The van der Waals surface area contributed by atoms with Crippen LogP contribution in [-0.4, -0.2) is 0 Å². The lowest BCUT2D eigenvalue weighted by Gasteiger charge is -2.21. The zero-order chi connectivity index (χ0) is 66.2. The van der Waals surface area contributed by atoms with Gasteiger partial charge in [0.1, 0.15) is 21.1 Å². The summed E-state index contributed by atoms with van der Waals surface area (Å²) < 4.78 is 6.86. The Hall–Kier alpha value is -9.57. The summed E-state index contributed by atoms with van der Waals surface area (Å²) in [5.74, 6) is 0. The molecule has 3 heteroatoms. The van der Waals surface area contributed by atoms with Gasteiger partial charge in [0, 0.05) is 53.1 Å². The van der Waals surface area contributed by atoms with Crippen molar-refractivity contribution in [2.45, 2.75) is 125 Å². The lowest BCUT2D eigenvalue weighted by atomic mass is 9.83. The molecule has 0 amide bonds. The first-order valence-corrected chi connectivity index (χ1v) is 33.9. The van der Waals surface area contributed by atoms with E-state index in [2.05, 4.69) is 367 Å². The van der Waals surface area contributed by atoms with Crippen LogP contribution in [0.1, 0.15) is 118 Å². The van der Waals surface area contributed by atoms with Crippen LogP contribution in [0.15, 0.2) is 249 Å². The van der Waals surface area contributed by atoms with Gasteiger partial charge in [-0.1, -0.05) is 232 Å². The highest BCUT2D eigenvalue weighted by Gasteiger charge is 2.27. The maximum Gasteiger partial charge on any atom is 0.212 e. The average molecular weight is 1230 g/mol. The second kappa shape index (κ2) is 26.4. The van der Waals surface area contributed by atoms with Crippen LogP contribution in [0.2, 0.25) is 0 Å². The molecule has 470 valence electrons. The normalized spacial score (nSPS) is 11.9. The van der Waals surface area contributed by atoms with Gasteiger partial charge in [0.15, 0.2) is 18.6 Å². The quantitative estimate of drug-likeness (QED) is 0.0907. The van der Waals surface area contributed by atoms with E-state index in [0.29, 0.717) is 0 Å². The van der Waals surface area contributed by atoms with E-state index in [1.54, 1.807) is 0 Å². The SMILES string of the molecule is Cc1cc(CCc2cc(CCc3cc(C)c(-c4cc(C(C)(C)C)cc[n+]4C)cc3-c3ccccc3)cc(-c3ccccc3-c3cc(C)c(-c4cc(C(C)(C)C)cc[n+]4C)cc3-c3ccc(-c4ccccc4)cc3)c2)c(-c2ccccc2)cc1-c1cc(C(C)(C)C)cc[n+]1C. The fourth-order valence-corrected chi connectivity index (χ4v) is 13.8. The molecule has 0 unspecified atom stereocenters. The van der Waals surface area contributed by atoms with Crippen LogP contribution < -0.4 is 13.7 Å². The Labute approximate surface area is 561 Å². The minimum absolute atomic E-state index is 0.00405. The number of pyridine rings is 3. The van der Waals surface area contributed by atoms with Crippen molar-refractivity contribution in [3.05, 3.63) is 305 Å². The summed E-state index contributed by atoms with van der Waals surface area (Å²) >= 11 is 0. The summed E-state index contributed by atoms with van der Waals surface area (Å²) in [6.45, 7) is 27.7. The minimum Gasteiger partial charge on any atom is -0.201 e. The Morgan fingerprint density at radius 3 is 0.979 bits per heavy atom. The van der Waals surface area contributed by atoms with E-state index in [4.69, 9.17) is 0 Å². The van der Waals surface area contributed by atoms with Crippen molar-refractivity contribution in [2.24, 2.45) is 21.1 Å². The number of hydrogen-bond acceptors (Lipinski definition) is 0. The van der Waals surface area contributed by atoms with Gasteiger partial charge < -0.3 is 0 Å². The molecule has 0 spiro atoms. The molecule has 3 nitrogen and oxygen atoms in total. The molecule has 0 aliphatic heterocycles. The monoisotopic (exact) mass is 1230 g/mol. The predicted octanol–water partition coefficient (Wildman–Crippen LogP) is 21.6. The van der Waals surface area contributed by atoms with Gasteiger partial charge in [-0.05, 0) is 209 Å². The highest BCUT2D eigenvalue weighted by atomic mass is 14.9. The summed E-state index contributed by atoms with van der Waals surface area (Å²) in [5.41, 5.74) is 35.5. The van der Waals surface area contributed by atoms with E-state index in [0.717, 1.165) is 25.7 Å². The first-order chi connectivity index (χ1) is 44.9. The lowest BCUT2D eigenvalue weighted by Crippen LogP contribution is -2.32. The fraction of sp³-hybridized carbons (Fsp3) is 0.242. The maximum atomic E-state index is 2.53. The van der Waals surface area contributed by atoms with Crippen molar-refractivity contribution in [3.8, 4) is 101 Å². The zero-order valence-corrected chi connectivity index (χ0v) is 58.3. The second-order valence-corrected chi connectivity index (χ2v) is 29.6. The van der Waals surface area contributed by atoms with Crippen LogP contribution in [-0.2, 0) is 63.1 Å². The van der Waals surface area contributed by atoms with Gasteiger partial charge in [0.25, 0.3) is 0 Å². The average Bonchev–Trinajstić information content (AvgIpc) is 0.775. The molecule has 0 bridgehead atoms. The predicted molar refractivity (Wildman–Crippen MR) is 397 cm³/mol. The lowest BCUT2D eigenvalue weighted by molar-refractivity contribution is -0.660. The van der Waals surface area contributed by atoms with E-state index in [9.17, 15) is 0 Å². The maximum absolute atomic E-state index is 2.53. The molecule has 0 saturated carbocycles. The number of aryl methyl sites for hydroxylation is 10. The zero-order valence-electron chi connectivity index (χ0n) is 58.3. The largest absolute Gasteiger partial charge is 0.212 e. The molecule has 0 aliphatic carbocycles. The summed E-state index contributed by atoms with van der Waals surface area (Å²) in [6, 6.07) is 87.7. The van der Waals surface area contributed by atoms with Crippen molar-refractivity contribution in [3.63, 3.8) is 0 Å². The molecule has 0 fully saturated rings. The number of rotatable bonds is 15. The number of hydrogen-bond donors (Lipinski definition) is 0. The molecule has 12 aromatic rings. The molecule has 3 aromatic heterocycles. The molecule has 0 radical (unpaired) electrons. The van der Waals surface area contributed by atoms with Crippen LogP contribution in [0.3, 0.4) is 0 Å². The van der Waals surface area contributed by atoms with E-state index in [1.165, 1.54) is 156 Å². The Morgan fingerprint density at radius 2 is 0.574 bits per heavy atom.